The van der Waals surface area contributed by atoms with Crippen molar-refractivity contribution in [2.75, 3.05) is 18.9 Å². The third-order valence-electron chi connectivity index (χ3n) is 5.78. The second kappa shape index (κ2) is 7.85. The summed E-state index contributed by atoms with van der Waals surface area (Å²) in [7, 11) is 2.10. The summed E-state index contributed by atoms with van der Waals surface area (Å²) in [6.07, 6.45) is 2.71. The third-order valence-corrected chi connectivity index (χ3v) is 5.78. The van der Waals surface area contributed by atoms with Crippen molar-refractivity contribution in [2.45, 2.75) is 19.5 Å². The molecule has 2 aromatic heterocycles. The fourth-order valence-electron chi connectivity index (χ4n) is 4.16. The van der Waals surface area contributed by atoms with Crippen LogP contribution in [0.2, 0.25) is 0 Å². The van der Waals surface area contributed by atoms with Gasteiger partial charge in [0.15, 0.2) is 5.82 Å². The molecule has 1 amide bonds. The van der Waals surface area contributed by atoms with Crippen molar-refractivity contribution < 1.29 is 4.79 Å². The van der Waals surface area contributed by atoms with Crippen molar-refractivity contribution in [1.29, 1.82) is 0 Å². The number of primary amides is 1. The van der Waals surface area contributed by atoms with Crippen LogP contribution < -0.4 is 11.1 Å². The van der Waals surface area contributed by atoms with Crippen molar-refractivity contribution in [3.05, 3.63) is 77.1 Å². The highest BCUT2D eigenvalue weighted by Gasteiger charge is 2.22. The normalized spacial score (nSPS) is 13.8. The van der Waals surface area contributed by atoms with E-state index in [0.29, 0.717) is 17.9 Å². The van der Waals surface area contributed by atoms with Crippen LogP contribution in [-0.4, -0.2) is 39.4 Å². The number of carbonyl (C=O) groups is 1. The van der Waals surface area contributed by atoms with Crippen LogP contribution in [0.3, 0.4) is 0 Å². The second-order valence-electron chi connectivity index (χ2n) is 7.94. The molecule has 0 aliphatic carbocycles. The molecule has 5 rings (SSSR count). The molecule has 2 aromatic carbocycles. The van der Waals surface area contributed by atoms with Gasteiger partial charge in [0.05, 0.1) is 11.4 Å². The molecule has 0 unspecified atom stereocenters. The maximum Gasteiger partial charge on any atom is 0.249 e. The molecular formula is C24H24N6O. The van der Waals surface area contributed by atoms with E-state index >= 15 is 0 Å². The number of likely N-dealkylation sites (N-methyl/N-ethyl adjacent to an activating group) is 1. The van der Waals surface area contributed by atoms with Crippen molar-refractivity contribution in [1.82, 2.24) is 19.9 Å². The highest BCUT2D eigenvalue weighted by Crippen LogP contribution is 2.31. The van der Waals surface area contributed by atoms with Crippen molar-refractivity contribution >= 4 is 22.5 Å². The van der Waals surface area contributed by atoms with E-state index in [1.54, 1.807) is 12.3 Å². The van der Waals surface area contributed by atoms with E-state index in [2.05, 4.69) is 34.4 Å². The number of hydrogen-bond donors (Lipinski definition) is 3. The van der Waals surface area contributed by atoms with Crippen LogP contribution in [0.4, 0.5) is 5.82 Å². The van der Waals surface area contributed by atoms with Gasteiger partial charge in [0, 0.05) is 47.7 Å². The molecule has 156 valence electrons. The summed E-state index contributed by atoms with van der Waals surface area (Å²) in [4.78, 5) is 27.2. The lowest BCUT2D eigenvalue weighted by Gasteiger charge is -2.26. The summed E-state index contributed by atoms with van der Waals surface area (Å²) >= 11 is 0. The fourth-order valence-corrected chi connectivity index (χ4v) is 4.16. The summed E-state index contributed by atoms with van der Waals surface area (Å²) in [6, 6.07) is 15.8. The van der Waals surface area contributed by atoms with Gasteiger partial charge in [0.2, 0.25) is 5.91 Å². The van der Waals surface area contributed by atoms with Gasteiger partial charge in [-0.2, -0.15) is 0 Å². The first-order chi connectivity index (χ1) is 15.1. The van der Waals surface area contributed by atoms with Crippen molar-refractivity contribution in [2.24, 2.45) is 5.73 Å². The number of amides is 1. The quantitative estimate of drug-likeness (QED) is 0.467. The number of aromatic nitrogens is 3. The number of aromatic amines is 1. The Morgan fingerprint density at radius 2 is 1.97 bits per heavy atom. The first-order valence-corrected chi connectivity index (χ1v) is 10.4. The number of H-pyrrole nitrogens is 1. The van der Waals surface area contributed by atoms with Crippen molar-refractivity contribution in [3.63, 3.8) is 0 Å². The highest BCUT2D eigenvalue weighted by atomic mass is 16.1. The van der Waals surface area contributed by atoms with Gasteiger partial charge in [-0.05, 0) is 25.1 Å². The number of nitrogens with one attached hydrogen (secondary N) is 2. The standard InChI is InChI=1S/C24H24N6O/c1-30-11-10-18-20(14-30)28-24(29-23(18)27-12-15-6-3-2-4-7-15)21-16-8-5-9-17(22(25)31)19(16)13-26-21/h2-9,13,26H,10-12,14H2,1H3,(H2,25,31)(H,27,28,29). The zero-order chi connectivity index (χ0) is 21.4. The Bertz CT molecular complexity index is 1260. The van der Waals surface area contributed by atoms with Crippen LogP contribution in [0.1, 0.15) is 27.2 Å². The number of carbonyl (C=O) groups excluding carboxylic acids is 1. The van der Waals surface area contributed by atoms with E-state index in [1.807, 2.05) is 30.3 Å². The summed E-state index contributed by atoms with van der Waals surface area (Å²) < 4.78 is 0. The van der Waals surface area contributed by atoms with E-state index in [4.69, 9.17) is 15.7 Å². The Morgan fingerprint density at radius 3 is 2.77 bits per heavy atom. The molecule has 0 atom stereocenters. The van der Waals surface area contributed by atoms with Crippen LogP contribution in [0.5, 0.6) is 0 Å². The number of nitrogens with zero attached hydrogens (tertiary/aromatic N) is 3. The number of nitrogens with two attached hydrogens (primary N) is 1. The van der Waals surface area contributed by atoms with E-state index in [0.717, 1.165) is 47.5 Å². The first-order valence-electron chi connectivity index (χ1n) is 10.4. The number of anilines is 1. The number of fused-ring (bicyclic) bond motifs is 2. The molecule has 0 bridgehead atoms. The molecule has 4 N–H and O–H groups in total. The largest absolute Gasteiger partial charge is 0.366 e. The predicted molar refractivity (Wildman–Crippen MR) is 122 cm³/mol. The van der Waals surface area contributed by atoms with Crippen LogP contribution in [0.15, 0.2) is 54.7 Å². The van der Waals surface area contributed by atoms with Gasteiger partial charge in [0.1, 0.15) is 5.82 Å². The van der Waals surface area contributed by atoms with E-state index in [1.165, 1.54) is 11.1 Å². The smallest absolute Gasteiger partial charge is 0.249 e. The molecule has 0 saturated heterocycles. The number of hydrogen-bond acceptors (Lipinski definition) is 5. The number of rotatable bonds is 5. The van der Waals surface area contributed by atoms with Crippen LogP contribution >= 0.6 is 0 Å². The fraction of sp³-hybridized carbons (Fsp3) is 0.208. The lowest BCUT2D eigenvalue weighted by molar-refractivity contribution is 0.100. The Balaban J connectivity index is 1.59. The van der Waals surface area contributed by atoms with E-state index in [9.17, 15) is 4.79 Å². The average molecular weight is 412 g/mol. The molecule has 0 spiro atoms. The molecule has 4 aromatic rings. The van der Waals surface area contributed by atoms with Gasteiger partial charge in [-0.1, -0.05) is 42.5 Å². The minimum atomic E-state index is -0.450. The zero-order valence-corrected chi connectivity index (χ0v) is 17.4. The van der Waals surface area contributed by atoms with Gasteiger partial charge in [-0.3, -0.25) is 4.79 Å². The van der Waals surface area contributed by atoms with Gasteiger partial charge < -0.3 is 20.9 Å². The molecular weight excluding hydrogens is 388 g/mol. The zero-order valence-electron chi connectivity index (χ0n) is 17.4. The average Bonchev–Trinajstić information content (AvgIpc) is 3.22. The molecule has 0 saturated carbocycles. The molecule has 0 radical (unpaired) electrons. The Morgan fingerprint density at radius 1 is 1.13 bits per heavy atom. The summed E-state index contributed by atoms with van der Waals surface area (Å²) in [5.41, 5.74) is 10.2. The topological polar surface area (TPSA) is 99.9 Å². The van der Waals surface area contributed by atoms with E-state index in [-0.39, 0.29) is 0 Å². The predicted octanol–water partition coefficient (Wildman–Crippen LogP) is 3.32. The van der Waals surface area contributed by atoms with Gasteiger partial charge in [0.25, 0.3) is 0 Å². The molecule has 1 aliphatic rings. The molecule has 31 heavy (non-hydrogen) atoms. The Hall–Kier alpha value is -3.71. The van der Waals surface area contributed by atoms with Crippen molar-refractivity contribution in [3.8, 4) is 11.5 Å². The maximum atomic E-state index is 11.8. The van der Waals surface area contributed by atoms with Crippen LogP contribution in [0, 0.1) is 0 Å². The van der Waals surface area contributed by atoms with Gasteiger partial charge >= 0.3 is 0 Å². The minimum Gasteiger partial charge on any atom is -0.366 e. The highest BCUT2D eigenvalue weighted by molar-refractivity contribution is 6.09. The number of benzene rings is 2. The molecule has 3 heterocycles. The Labute approximate surface area is 180 Å². The molecule has 7 nitrogen and oxygen atoms in total. The monoisotopic (exact) mass is 412 g/mol. The lowest BCUT2D eigenvalue weighted by atomic mass is 10.0. The van der Waals surface area contributed by atoms with Crippen LogP contribution in [-0.2, 0) is 19.5 Å². The SMILES string of the molecule is CN1CCc2c(nc(-c3[nH]cc4c(C(N)=O)cccc34)nc2NCc2ccccc2)C1. The van der Waals surface area contributed by atoms with Crippen LogP contribution in [0.25, 0.3) is 22.3 Å². The summed E-state index contributed by atoms with van der Waals surface area (Å²) in [5, 5.41) is 5.19. The molecule has 0 fully saturated rings. The van der Waals surface area contributed by atoms with Gasteiger partial charge in [-0.15, -0.1) is 0 Å². The third kappa shape index (κ3) is 3.64. The summed E-state index contributed by atoms with van der Waals surface area (Å²) in [6.45, 7) is 2.44. The minimum absolute atomic E-state index is 0.450. The lowest BCUT2D eigenvalue weighted by Crippen LogP contribution is -2.29. The Kier molecular flexibility index (Phi) is 4.88. The second-order valence-corrected chi connectivity index (χ2v) is 7.94. The van der Waals surface area contributed by atoms with Gasteiger partial charge in [-0.25, -0.2) is 9.97 Å². The molecule has 7 heteroatoms. The van der Waals surface area contributed by atoms with E-state index < -0.39 is 5.91 Å². The summed E-state index contributed by atoms with van der Waals surface area (Å²) in [5.74, 6) is 1.03. The molecule has 1 aliphatic heterocycles. The first kappa shape index (κ1) is 19.3. The maximum absolute atomic E-state index is 11.8.